The molecule has 0 aliphatic heterocycles. The number of hydrogen-bond donors (Lipinski definition) is 2. The minimum Gasteiger partial charge on any atom is -0.322 e. The standard InChI is InChI=1S/C17H18BrFN2O3S/c1-17(2,3)21-25(23,24)13-6-4-5-12(10-13)20-16(22)14-9-11(18)7-8-15(14)19/h4-10,21H,1-3H3,(H,20,22). The van der Waals surface area contributed by atoms with Crippen molar-refractivity contribution in [1.29, 1.82) is 0 Å². The molecule has 0 fully saturated rings. The summed E-state index contributed by atoms with van der Waals surface area (Å²) in [6, 6.07) is 9.79. The second-order valence-corrected chi connectivity index (χ2v) is 9.06. The zero-order chi connectivity index (χ0) is 18.8. The normalized spacial score (nSPS) is 12.0. The number of hydrogen-bond acceptors (Lipinski definition) is 3. The third-order valence-electron chi connectivity index (χ3n) is 3.02. The molecule has 2 rings (SSSR count). The fourth-order valence-corrected chi connectivity index (χ4v) is 3.90. The van der Waals surface area contributed by atoms with Gasteiger partial charge in [-0.1, -0.05) is 22.0 Å². The van der Waals surface area contributed by atoms with Crippen molar-refractivity contribution in [3.63, 3.8) is 0 Å². The lowest BCUT2D eigenvalue weighted by Gasteiger charge is -2.20. The Morgan fingerprint density at radius 3 is 2.44 bits per heavy atom. The van der Waals surface area contributed by atoms with Gasteiger partial charge in [-0.05, 0) is 57.2 Å². The van der Waals surface area contributed by atoms with E-state index in [-0.39, 0.29) is 16.1 Å². The third kappa shape index (κ3) is 5.35. The van der Waals surface area contributed by atoms with E-state index in [4.69, 9.17) is 0 Å². The molecule has 0 spiro atoms. The van der Waals surface area contributed by atoms with E-state index in [2.05, 4.69) is 26.0 Å². The van der Waals surface area contributed by atoms with E-state index in [0.29, 0.717) is 4.47 Å². The predicted octanol–water partition coefficient (Wildman–Crippen LogP) is 3.92. The van der Waals surface area contributed by atoms with E-state index < -0.39 is 27.3 Å². The average molecular weight is 429 g/mol. The fourth-order valence-electron chi connectivity index (χ4n) is 2.07. The van der Waals surface area contributed by atoms with Crippen LogP contribution in [0.1, 0.15) is 31.1 Å². The largest absolute Gasteiger partial charge is 0.322 e. The molecule has 8 heteroatoms. The van der Waals surface area contributed by atoms with Crippen LogP contribution in [0.2, 0.25) is 0 Å². The summed E-state index contributed by atoms with van der Waals surface area (Å²) in [5.41, 5.74) is -0.533. The maximum absolute atomic E-state index is 13.8. The van der Waals surface area contributed by atoms with Gasteiger partial charge in [0.25, 0.3) is 5.91 Å². The molecular formula is C17H18BrFN2O3S. The number of nitrogens with one attached hydrogen (secondary N) is 2. The van der Waals surface area contributed by atoms with Gasteiger partial charge in [0.15, 0.2) is 0 Å². The monoisotopic (exact) mass is 428 g/mol. The highest BCUT2D eigenvalue weighted by Gasteiger charge is 2.22. The number of sulfonamides is 1. The Balaban J connectivity index is 2.28. The van der Waals surface area contributed by atoms with Gasteiger partial charge in [0.1, 0.15) is 5.82 Å². The number of amides is 1. The fraction of sp³-hybridized carbons (Fsp3) is 0.235. The molecule has 2 aromatic carbocycles. The van der Waals surface area contributed by atoms with Crippen LogP contribution in [0.15, 0.2) is 51.8 Å². The summed E-state index contributed by atoms with van der Waals surface area (Å²) in [6.07, 6.45) is 0. The van der Waals surface area contributed by atoms with Crippen molar-refractivity contribution in [3.8, 4) is 0 Å². The summed E-state index contributed by atoms with van der Waals surface area (Å²) in [7, 11) is -3.74. The van der Waals surface area contributed by atoms with Crippen molar-refractivity contribution >= 4 is 37.5 Å². The maximum Gasteiger partial charge on any atom is 0.258 e. The summed E-state index contributed by atoms with van der Waals surface area (Å²) in [5.74, 6) is -1.34. The number of halogens is 2. The van der Waals surface area contributed by atoms with Gasteiger partial charge in [0.2, 0.25) is 10.0 Å². The van der Waals surface area contributed by atoms with Gasteiger partial charge in [-0.2, -0.15) is 0 Å². The average Bonchev–Trinajstić information content (AvgIpc) is 2.47. The lowest BCUT2D eigenvalue weighted by molar-refractivity contribution is 0.102. The number of carbonyl (C=O) groups is 1. The Hall–Kier alpha value is -1.77. The van der Waals surface area contributed by atoms with Gasteiger partial charge in [-0.25, -0.2) is 17.5 Å². The second-order valence-electron chi connectivity index (χ2n) is 6.46. The molecule has 25 heavy (non-hydrogen) atoms. The van der Waals surface area contributed by atoms with Crippen molar-refractivity contribution in [2.24, 2.45) is 0 Å². The Labute approximate surface area is 154 Å². The molecule has 0 aromatic heterocycles. The first-order valence-electron chi connectivity index (χ1n) is 7.38. The molecule has 1 amide bonds. The van der Waals surface area contributed by atoms with Crippen LogP contribution in [0.3, 0.4) is 0 Å². The highest BCUT2D eigenvalue weighted by molar-refractivity contribution is 9.10. The summed E-state index contributed by atoms with van der Waals surface area (Å²) in [5, 5.41) is 2.51. The first kappa shape index (κ1) is 19.6. The summed E-state index contributed by atoms with van der Waals surface area (Å²) in [4.78, 5) is 12.2. The molecule has 5 nitrogen and oxygen atoms in total. The smallest absolute Gasteiger partial charge is 0.258 e. The summed E-state index contributed by atoms with van der Waals surface area (Å²) in [6.45, 7) is 5.19. The highest BCUT2D eigenvalue weighted by Crippen LogP contribution is 2.20. The molecular weight excluding hydrogens is 411 g/mol. The third-order valence-corrected chi connectivity index (χ3v) is 5.26. The molecule has 0 aliphatic carbocycles. The van der Waals surface area contributed by atoms with Crippen LogP contribution in [0.25, 0.3) is 0 Å². The molecule has 0 bridgehead atoms. The molecule has 2 N–H and O–H groups in total. The van der Waals surface area contributed by atoms with Crippen LogP contribution in [-0.4, -0.2) is 19.9 Å². The Bertz CT molecular complexity index is 908. The summed E-state index contributed by atoms with van der Waals surface area (Å²) >= 11 is 3.18. The molecule has 0 saturated carbocycles. The quantitative estimate of drug-likeness (QED) is 0.774. The Morgan fingerprint density at radius 1 is 1.12 bits per heavy atom. The number of rotatable bonds is 4. The Kier molecular flexibility index (Phi) is 5.65. The van der Waals surface area contributed by atoms with E-state index in [0.717, 1.165) is 0 Å². The van der Waals surface area contributed by atoms with Crippen LogP contribution >= 0.6 is 15.9 Å². The van der Waals surface area contributed by atoms with Crippen molar-refractivity contribution < 1.29 is 17.6 Å². The maximum atomic E-state index is 13.8. The van der Waals surface area contributed by atoms with Crippen molar-refractivity contribution in [2.75, 3.05) is 5.32 Å². The van der Waals surface area contributed by atoms with Crippen LogP contribution < -0.4 is 10.0 Å². The van der Waals surface area contributed by atoms with Gasteiger partial charge in [0, 0.05) is 15.7 Å². The van der Waals surface area contributed by atoms with E-state index >= 15 is 0 Å². The van der Waals surface area contributed by atoms with Crippen LogP contribution in [0.4, 0.5) is 10.1 Å². The van der Waals surface area contributed by atoms with Gasteiger partial charge < -0.3 is 5.32 Å². The zero-order valence-corrected chi connectivity index (χ0v) is 16.3. The Morgan fingerprint density at radius 2 is 1.80 bits per heavy atom. The molecule has 0 unspecified atom stereocenters. The lowest BCUT2D eigenvalue weighted by Crippen LogP contribution is -2.40. The van der Waals surface area contributed by atoms with E-state index in [1.807, 2.05) is 0 Å². The van der Waals surface area contributed by atoms with Crippen molar-refractivity contribution in [1.82, 2.24) is 4.72 Å². The van der Waals surface area contributed by atoms with Crippen LogP contribution in [0, 0.1) is 5.82 Å². The lowest BCUT2D eigenvalue weighted by atomic mass is 10.1. The SMILES string of the molecule is CC(C)(C)NS(=O)(=O)c1cccc(NC(=O)c2cc(Br)ccc2F)c1. The van der Waals surface area contributed by atoms with Gasteiger partial charge in [-0.15, -0.1) is 0 Å². The first-order valence-corrected chi connectivity index (χ1v) is 9.66. The number of anilines is 1. The second kappa shape index (κ2) is 7.23. The molecule has 0 aliphatic rings. The van der Waals surface area contributed by atoms with Crippen molar-refractivity contribution in [2.45, 2.75) is 31.2 Å². The zero-order valence-electron chi connectivity index (χ0n) is 13.9. The van der Waals surface area contributed by atoms with Gasteiger partial charge >= 0.3 is 0 Å². The van der Waals surface area contributed by atoms with E-state index in [1.54, 1.807) is 20.8 Å². The molecule has 0 radical (unpaired) electrons. The van der Waals surface area contributed by atoms with E-state index in [1.165, 1.54) is 42.5 Å². The molecule has 2 aromatic rings. The van der Waals surface area contributed by atoms with Crippen LogP contribution in [0.5, 0.6) is 0 Å². The molecule has 0 saturated heterocycles. The van der Waals surface area contributed by atoms with Gasteiger partial charge in [0.05, 0.1) is 10.5 Å². The highest BCUT2D eigenvalue weighted by atomic mass is 79.9. The van der Waals surface area contributed by atoms with E-state index in [9.17, 15) is 17.6 Å². The minimum absolute atomic E-state index is 0.00920. The van der Waals surface area contributed by atoms with Crippen LogP contribution in [-0.2, 0) is 10.0 Å². The number of benzene rings is 2. The minimum atomic E-state index is -3.74. The van der Waals surface area contributed by atoms with Crippen molar-refractivity contribution in [3.05, 3.63) is 58.3 Å². The summed E-state index contributed by atoms with van der Waals surface area (Å²) < 4.78 is 41.6. The topological polar surface area (TPSA) is 75.3 Å². The molecule has 0 heterocycles. The predicted molar refractivity (Wildman–Crippen MR) is 98.6 cm³/mol. The number of carbonyl (C=O) groups excluding carboxylic acids is 1. The molecule has 0 atom stereocenters. The first-order chi connectivity index (χ1) is 11.5. The van der Waals surface area contributed by atoms with Gasteiger partial charge in [-0.3, -0.25) is 4.79 Å². The molecule has 134 valence electrons.